The molecule has 2 heterocycles. The molecule has 4 rings (SSSR count). The van der Waals surface area contributed by atoms with Crippen LogP contribution in [0.4, 0.5) is 8.78 Å². The number of likely N-dealkylation sites (tertiary alicyclic amines) is 1. The number of benzene rings is 2. The molecule has 1 atom stereocenters. The van der Waals surface area contributed by atoms with Crippen molar-refractivity contribution in [3.05, 3.63) is 104 Å². The van der Waals surface area contributed by atoms with E-state index < -0.39 is 27.2 Å². The van der Waals surface area contributed by atoms with E-state index in [0.29, 0.717) is 18.1 Å². The summed E-state index contributed by atoms with van der Waals surface area (Å²) >= 11 is 7.66. The van der Waals surface area contributed by atoms with Crippen LogP contribution in [0.1, 0.15) is 22.0 Å². The fourth-order valence-electron chi connectivity index (χ4n) is 3.60. The number of rotatable bonds is 6. The van der Waals surface area contributed by atoms with E-state index in [1.54, 1.807) is 11.3 Å². The first-order valence-electron chi connectivity index (χ1n) is 9.19. The Morgan fingerprint density at radius 1 is 1.07 bits per heavy atom. The summed E-state index contributed by atoms with van der Waals surface area (Å²) in [7, 11) is -3.64. The molecule has 30 heavy (non-hydrogen) atoms. The minimum Gasteiger partial charge on any atom is -0.284 e. The van der Waals surface area contributed by atoms with Crippen molar-refractivity contribution in [2.24, 2.45) is 0 Å². The summed E-state index contributed by atoms with van der Waals surface area (Å²) < 4.78 is 51.7. The Morgan fingerprint density at radius 3 is 2.33 bits per heavy atom. The Bertz CT molecular complexity index is 1150. The van der Waals surface area contributed by atoms with Crippen LogP contribution in [-0.2, 0) is 15.6 Å². The van der Waals surface area contributed by atoms with Crippen LogP contribution in [0.3, 0.4) is 0 Å². The second kappa shape index (κ2) is 8.59. The monoisotopic (exact) mass is 465 g/mol. The Morgan fingerprint density at radius 2 is 1.73 bits per heavy atom. The topological polar surface area (TPSA) is 37.4 Å². The van der Waals surface area contributed by atoms with Crippen LogP contribution >= 0.6 is 22.9 Å². The molecule has 3 nitrogen and oxygen atoms in total. The quantitative estimate of drug-likeness (QED) is 0.476. The zero-order valence-corrected chi connectivity index (χ0v) is 18.2. The van der Waals surface area contributed by atoms with Gasteiger partial charge in [0, 0.05) is 34.5 Å². The van der Waals surface area contributed by atoms with Crippen LogP contribution in [0.25, 0.3) is 0 Å². The van der Waals surface area contributed by atoms with Crippen molar-refractivity contribution in [1.82, 2.24) is 4.90 Å². The van der Waals surface area contributed by atoms with Gasteiger partial charge in [0.1, 0.15) is 11.6 Å². The summed E-state index contributed by atoms with van der Waals surface area (Å²) in [5, 5.41) is 3.91. The van der Waals surface area contributed by atoms with Gasteiger partial charge in [0.2, 0.25) is 0 Å². The van der Waals surface area contributed by atoms with E-state index in [4.69, 9.17) is 11.6 Å². The van der Waals surface area contributed by atoms with E-state index in [1.165, 1.54) is 5.41 Å². The Hall–Kier alpha value is -2.06. The van der Waals surface area contributed by atoms with Gasteiger partial charge in [-0.05, 0) is 52.4 Å². The molecule has 0 N–H and O–H groups in total. The van der Waals surface area contributed by atoms with Gasteiger partial charge < -0.3 is 0 Å². The Balaban J connectivity index is 1.50. The molecule has 1 aromatic heterocycles. The first-order valence-corrected chi connectivity index (χ1v) is 12.2. The van der Waals surface area contributed by atoms with Gasteiger partial charge in [0.15, 0.2) is 9.84 Å². The van der Waals surface area contributed by atoms with Gasteiger partial charge in [-0.2, -0.15) is 0 Å². The number of hydrogen-bond acceptors (Lipinski definition) is 4. The number of thiophene rings is 1. The molecule has 3 aromatic rings. The van der Waals surface area contributed by atoms with Crippen LogP contribution < -0.4 is 0 Å². The van der Waals surface area contributed by atoms with Gasteiger partial charge in [0.25, 0.3) is 0 Å². The highest BCUT2D eigenvalue weighted by Crippen LogP contribution is 2.37. The molecule has 156 valence electrons. The molecule has 1 unspecified atom stereocenters. The third-order valence-corrected chi connectivity index (χ3v) is 7.42. The van der Waals surface area contributed by atoms with E-state index in [1.807, 2.05) is 35.7 Å². The summed E-state index contributed by atoms with van der Waals surface area (Å²) in [6.45, 7) is 1.00. The first kappa shape index (κ1) is 21.2. The predicted molar refractivity (Wildman–Crippen MR) is 116 cm³/mol. The van der Waals surface area contributed by atoms with Gasteiger partial charge >= 0.3 is 0 Å². The standard InChI is InChI=1S/C22H18ClF2NO2S2/c23-18-5-3-17(4-6-18)22(21-2-1-7-29-21)26-11-16(12-26)14-30(27,28)13-15-8-19(24)10-20(25)9-15/h1-10,14,22H,11-13H2. The fraction of sp³-hybridized carbons (Fsp3) is 0.182. The molecule has 2 aromatic carbocycles. The largest absolute Gasteiger partial charge is 0.284 e. The number of hydrogen-bond donors (Lipinski definition) is 0. The van der Waals surface area contributed by atoms with E-state index in [9.17, 15) is 17.2 Å². The van der Waals surface area contributed by atoms with Crippen LogP contribution in [0.5, 0.6) is 0 Å². The minimum atomic E-state index is -3.64. The van der Waals surface area contributed by atoms with Crippen molar-refractivity contribution < 1.29 is 17.2 Å². The second-order valence-electron chi connectivity index (χ2n) is 7.24. The van der Waals surface area contributed by atoms with Crippen molar-refractivity contribution in [3.8, 4) is 0 Å². The van der Waals surface area contributed by atoms with E-state index in [0.717, 1.165) is 34.2 Å². The highest BCUT2D eigenvalue weighted by molar-refractivity contribution is 7.93. The molecule has 0 aliphatic carbocycles. The molecule has 0 amide bonds. The van der Waals surface area contributed by atoms with E-state index in [-0.39, 0.29) is 11.6 Å². The third-order valence-electron chi connectivity index (χ3n) is 4.81. The zero-order valence-electron chi connectivity index (χ0n) is 15.8. The maximum absolute atomic E-state index is 13.3. The van der Waals surface area contributed by atoms with Crippen LogP contribution in [0.2, 0.25) is 5.02 Å². The lowest BCUT2D eigenvalue weighted by molar-refractivity contribution is 0.204. The molecule has 1 saturated heterocycles. The lowest BCUT2D eigenvalue weighted by Gasteiger charge is -2.40. The van der Waals surface area contributed by atoms with Gasteiger partial charge in [-0.15, -0.1) is 11.3 Å². The highest BCUT2D eigenvalue weighted by Gasteiger charge is 2.31. The number of halogens is 3. The maximum atomic E-state index is 13.3. The van der Waals surface area contributed by atoms with Crippen molar-refractivity contribution in [1.29, 1.82) is 0 Å². The normalized spacial score (nSPS) is 15.6. The highest BCUT2D eigenvalue weighted by atomic mass is 35.5. The number of nitrogens with zero attached hydrogens (tertiary/aromatic N) is 1. The van der Waals surface area contributed by atoms with Crippen molar-refractivity contribution in [3.63, 3.8) is 0 Å². The molecule has 0 spiro atoms. The average Bonchev–Trinajstić information content (AvgIpc) is 3.14. The van der Waals surface area contributed by atoms with Crippen molar-refractivity contribution in [2.75, 3.05) is 13.1 Å². The second-order valence-corrected chi connectivity index (χ2v) is 10.5. The fourth-order valence-corrected chi connectivity index (χ4v) is 5.98. The summed E-state index contributed by atoms with van der Waals surface area (Å²) in [6, 6.07) is 14.5. The molecule has 1 aliphatic rings. The Labute approximate surface area is 183 Å². The SMILES string of the molecule is O=S(=O)(C=C1CN(C(c2ccc(Cl)cc2)c2cccs2)C1)Cc1cc(F)cc(F)c1. The lowest BCUT2D eigenvalue weighted by atomic mass is 9.98. The molecule has 0 saturated carbocycles. The first-order chi connectivity index (χ1) is 14.3. The Kier molecular flexibility index (Phi) is 6.06. The van der Waals surface area contributed by atoms with Crippen LogP contribution in [-0.4, -0.2) is 26.4 Å². The molecule has 0 bridgehead atoms. The van der Waals surface area contributed by atoms with E-state index in [2.05, 4.69) is 11.0 Å². The predicted octanol–water partition coefficient (Wildman–Crippen LogP) is 5.58. The minimum absolute atomic E-state index is 0.0134. The van der Waals surface area contributed by atoms with E-state index >= 15 is 0 Å². The summed E-state index contributed by atoms with van der Waals surface area (Å²) in [5.74, 6) is -2.01. The van der Waals surface area contributed by atoms with Gasteiger partial charge in [-0.3, -0.25) is 4.90 Å². The van der Waals surface area contributed by atoms with Crippen molar-refractivity contribution in [2.45, 2.75) is 11.8 Å². The maximum Gasteiger partial charge on any atom is 0.175 e. The average molecular weight is 466 g/mol. The lowest BCUT2D eigenvalue weighted by Crippen LogP contribution is -2.43. The molecule has 8 heteroatoms. The van der Waals surface area contributed by atoms with Crippen molar-refractivity contribution >= 4 is 32.8 Å². The molecular weight excluding hydrogens is 448 g/mol. The number of sulfone groups is 1. The van der Waals surface area contributed by atoms with Crippen LogP contribution in [0.15, 0.2) is 71.0 Å². The molecule has 1 fully saturated rings. The van der Waals surface area contributed by atoms with Gasteiger partial charge in [-0.1, -0.05) is 29.8 Å². The molecule has 1 aliphatic heterocycles. The molecular formula is C22H18ClF2NO2S2. The van der Waals surface area contributed by atoms with Gasteiger partial charge in [-0.25, -0.2) is 17.2 Å². The smallest absolute Gasteiger partial charge is 0.175 e. The summed E-state index contributed by atoms with van der Waals surface area (Å²) in [6.07, 6.45) is 0. The molecule has 0 radical (unpaired) electrons. The summed E-state index contributed by atoms with van der Waals surface area (Å²) in [5.41, 5.74) is 1.94. The van der Waals surface area contributed by atoms with Gasteiger partial charge in [0.05, 0.1) is 11.8 Å². The van der Waals surface area contributed by atoms with Crippen LogP contribution in [0, 0.1) is 11.6 Å². The third kappa shape index (κ3) is 4.98. The zero-order chi connectivity index (χ0) is 21.3. The summed E-state index contributed by atoms with van der Waals surface area (Å²) in [4.78, 5) is 3.34.